The molecule has 1 N–H and O–H groups in total. The molecule has 0 saturated carbocycles. The number of benzene rings is 1. The lowest BCUT2D eigenvalue weighted by atomic mass is 10.1. The van der Waals surface area contributed by atoms with E-state index in [0.717, 1.165) is 25.1 Å². The number of nitrogens with zero attached hydrogens (tertiary/aromatic N) is 1. The molecule has 0 aromatic heterocycles. The Bertz CT molecular complexity index is 316. The molecule has 0 fully saturated rings. The topological polar surface area (TPSA) is 23.5 Å². The zero-order valence-electron chi connectivity index (χ0n) is 8.19. The fourth-order valence-electron chi connectivity index (χ4n) is 1.69. The molecule has 74 valence electrons. The van der Waals surface area contributed by atoms with Crippen LogP contribution in [0, 0.1) is 0 Å². The summed E-state index contributed by atoms with van der Waals surface area (Å²) >= 11 is 0. The normalized spacial score (nSPS) is 15.9. The standard InChI is InChI=1S/C12H15NO/c14-10-11-4-6-12(7-5-11)13-8-2-1-3-9-13/h1-2,4-7,14H,3,8-10H2. The van der Waals surface area contributed by atoms with Crippen LogP contribution in [0.15, 0.2) is 36.4 Å². The molecule has 0 unspecified atom stereocenters. The molecule has 0 spiro atoms. The van der Waals surface area contributed by atoms with Crippen LogP contribution in [0.3, 0.4) is 0 Å². The van der Waals surface area contributed by atoms with Gasteiger partial charge in [-0.05, 0) is 24.1 Å². The first-order valence-electron chi connectivity index (χ1n) is 5.00. The van der Waals surface area contributed by atoms with E-state index in [1.807, 2.05) is 12.1 Å². The third-order valence-electron chi connectivity index (χ3n) is 2.54. The van der Waals surface area contributed by atoms with E-state index in [-0.39, 0.29) is 6.61 Å². The molecule has 0 atom stereocenters. The summed E-state index contributed by atoms with van der Waals surface area (Å²) in [6, 6.07) is 8.11. The van der Waals surface area contributed by atoms with Crippen LogP contribution in [0.4, 0.5) is 5.69 Å². The fourth-order valence-corrected chi connectivity index (χ4v) is 1.69. The van der Waals surface area contributed by atoms with E-state index in [1.54, 1.807) is 0 Å². The lowest BCUT2D eigenvalue weighted by molar-refractivity contribution is 0.282. The maximum atomic E-state index is 8.91. The number of anilines is 1. The van der Waals surface area contributed by atoms with Gasteiger partial charge in [0.2, 0.25) is 0 Å². The average Bonchev–Trinajstić information content (AvgIpc) is 2.30. The van der Waals surface area contributed by atoms with E-state index in [0.29, 0.717) is 0 Å². The Morgan fingerprint density at radius 2 is 1.93 bits per heavy atom. The predicted octanol–water partition coefficient (Wildman–Crippen LogP) is 1.95. The number of hydrogen-bond donors (Lipinski definition) is 1. The predicted molar refractivity (Wildman–Crippen MR) is 58.3 cm³/mol. The molecule has 2 nitrogen and oxygen atoms in total. The van der Waals surface area contributed by atoms with Gasteiger partial charge in [-0.2, -0.15) is 0 Å². The van der Waals surface area contributed by atoms with Gasteiger partial charge in [0, 0.05) is 18.8 Å². The van der Waals surface area contributed by atoms with Gasteiger partial charge in [-0.25, -0.2) is 0 Å². The maximum absolute atomic E-state index is 8.91. The van der Waals surface area contributed by atoms with Crippen molar-refractivity contribution in [1.82, 2.24) is 0 Å². The zero-order valence-corrected chi connectivity index (χ0v) is 8.19. The monoisotopic (exact) mass is 189 g/mol. The second-order valence-corrected chi connectivity index (χ2v) is 3.53. The van der Waals surface area contributed by atoms with Crippen LogP contribution in [-0.4, -0.2) is 18.2 Å². The highest BCUT2D eigenvalue weighted by Crippen LogP contribution is 2.17. The van der Waals surface area contributed by atoms with Crippen LogP contribution in [0.5, 0.6) is 0 Å². The molecule has 1 aliphatic rings. The third-order valence-corrected chi connectivity index (χ3v) is 2.54. The van der Waals surface area contributed by atoms with Crippen LogP contribution in [0.1, 0.15) is 12.0 Å². The number of rotatable bonds is 2. The second kappa shape index (κ2) is 4.29. The van der Waals surface area contributed by atoms with Crippen LogP contribution in [0.2, 0.25) is 0 Å². The molecule has 1 heterocycles. The molecule has 1 aliphatic heterocycles. The lowest BCUT2D eigenvalue weighted by Gasteiger charge is -2.25. The van der Waals surface area contributed by atoms with Gasteiger partial charge in [0.1, 0.15) is 0 Å². The van der Waals surface area contributed by atoms with Crippen LogP contribution in [0.25, 0.3) is 0 Å². The van der Waals surface area contributed by atoms with E-state index in [9.17, 15) is 0 Å². The van der Waals surface area contributed by atoms with Crippen LogP contribution < -0.4 is 4.90 Å². The highest BCUT2D eigenvalue weighted by Gasteiger charge is 2.06. The summed E-state index contributed by atoms with van der Waals surface area (Å²) in [5.41, 5.74) is 2.22. The van der Waals surface area contributed by atoms with Crippen molar-refractivity contribution in [1.29, 1.82) is 0 Å². The van der Waals surface area contributed by atoms with Crippen molar-refractivity contribution < 1.29 is 5.11 Å². The molecule has 14 heavy (non-hydrogen) atoms. The Hall–Kier alpha value is -1.28. The molecular weight excluding hydrogens is 174 g/mol. The Balaban J connectivity index is 2.12. The average molecular weight is 189 g/mol. The van der Waals surface area contributed by atoms with Crippen molar-refractivity contribution in [2.75, 3.05) is 18.0 Å². The van der Waals surface area contributed by atoms with Crippen molar-refractivity contribution in [3.63, 3.8) is 0 Å². The van der Waals surface area contributed by atoms with Crippen LogP contribution in [-0.2, 0) is 6.61 Å². The number of aliphatic hydroxyl groups excluding tert-OH is 1. The van der Waals surface area contributed by atoms with Gasteiger partial charge in [0.15, 0.2) is 0 Å². The summed E-state index contributed by atoms with van der Waals surface area (Å²) in [5.74, 6) is 0. The van der Waals surface area contributed by atoms with Crippen molar-refractivity contribution in [3.05, 3.63) is 42.0 Å². The van der Waals surface area contributed by atoms with E-state index in [4.69, 9.17) is 5.11 Å². The SMILES string of the molecule is OCc1ccc(N2CC=CCC2)cc1. The fraction of sp³-hybridized carbons (Fsp3) is 0.333. The molecule has 1 aromatic carbocycles. The van der Waals surface area contributed by atoms with Gasteiger partial charge < -0.3 is 10.0 Å². The smallest absolute Gasteiger partial charge is 0.0681 e. The van der Waals surface area contributed by atoms with E-state index in [2.05, 4.69) is 29.2 Å². The van der Waals surface area contributed by atoms with Gasteiger partial charge >= 0.3 is 0 Å². The summed E-state index contributed by atoms with van der Waals surface area (Å²) < 4.78 is 0. The minimum atomic E-state index is 0.125. The van der Waals surface area contributed by atoms with Gasteiger partial charge in [-0.3, -0.25) is 0 Å². The number of hydrogen-bond acceptors (Lipinski definition) is 2. The zero-order chi connectivity index (χ0) is 9.80. The Kier molecular flexibility index (Phi) is 2.84. The van der Waals surface area contributed by atoms with Gasteiger partial charge in [0.25, 0.3) is 0 Å². The molecule has 2 heteroatoms. The van der Waals surface area contributed by atoms with E-state index < -0.39 is 0 Å². The maximum Gasteiger partial charge on any atom is 0.0681 e. The Morgan fingerprint density at radius 1 is 1.14 bits per heavy atom. The molecule has 1 aromatic rings. The van der Waals surface area contributed by atoms with Crippen molar-refractivity contribution in [3.8, 4) is 0 Å². The van der Waals surface area contributed by atoms with Gasteiger partial charge in [-0.1, -0.05) is 24.3 Å². The first-order valence-corrected chi connectivity index (χ1v) is 5.00. The first kappa shape index (κ1) is 9.28. The molecule has 0 radical (unpaired) electrons. The first-order chi connectivity index (χ1) is 6.90. The number of aliphatic hydroxyl groups is 1. The van der Waals surface area contributed by atoms with Gasteiger partial charge in [0.05, 0.1) is 6.61 Å². The van der Waals surface area contributed by atoms with E-state index in [1.165, 1.54) is 5.69 Å². The second-order valence-electron chi connectivity index (χ2n) is 3.53. The highest BCUT2D eigenvalue weighted by molar-refractivity contribution is 5.48. The summed E-state index contributed by atoms with van der Waals surface area (Å²) in [4.78, 5) is 2.33. The molecule has 0 bridgehead atoms. The summed E-state index contributed by atoms with van der Waals surface area (Å²) in [6.45, 7) is 2.22. The van der Waals surface area contributed by atoms with Gasteiger partial charge in [-0.15, -0.1) is 0 Å². The molecular formula is C12H15NO. The minimum absolute atomic E-state index is 0.125. The lowest BCUT2D eigenvalue weighted by Crippen LogP contribution is -2.26. The Labute approximate surface area is 84.5 Å². The summed E-state index contributed by atoms with van der Waals surface area (Å²) in [5, 5.41) is 8.91. The quantitative estimate of drug-likeness (QED) is 0.719. The Morgan fingerprint density at radius 3 is 2.50 bits per heavy atom. The summed E-state index contributed by atoms with van der Waals surface area (Å²) in [7, 11) is 0. The van der Waals surface area contributed by atoms with Crippen molar-refractivity contribution in [2.24, 2.45) is 0 Å². The van der Waals surface area contributed by atoms with Crippen LogP contribution >= 0.6 is 0 Å². The minimum Gasteiger partial charge on any atom is -0.392 e. The van der Waals surface area contributed by atoms with Crippen molar-refractivity contribution in [2.45, 2.75) is 13.0 Å². The largest absolute Gasteiger partial charge is 0.392 e. The molecule has 2 rings (SSSR count). The van der Waals surface area contributed by atoms with E-state index >= 15 is 0 Å². The highest BCUT2D eigenvalue weighted by atomic mass is 16.3. The van der Waals surface area contributed by atoms with Crippen molar-refractivity contribution >= 4 is 5.69 Å². The third kappa shape index (κ3) is 1.96. The summed E-state index contributed by atoms with van der Waals surface area (Å²) in [6.07, 6.45) is 5.55. The molecule has 0 aliphatic carbocycles. The molecule has 0 saturated heterocycles. The molecule has 0 amide bonds.